The molecule has 3 nitrogen and oxygen atoms in total. The number of hydrogen-bond acceptors (Lipinski definition) is 2. The summed E-state index contributed by atoms with van der Waals surface area (Å²) < 4.78 is 0. The third kappa shape index (κ3) is 5.70. The van der Waals surface area contributed by atoms with Gasteiger partial charge in [-0.3, -0.25) is 9.79 Å². The molecule has 0 bridgehead atoms. The lowest BCUT2D eigenvalue weighted by Crippen LogP contribution is -2.35. The summed E-state index contributed by atoms with van der Waals surface area (Å²) in [5.41, 5.74) is 1.80. The second-order valence-electron chi connectivity index (χ2n) is 5.60. The van der Waals surface area contributed by atoms with E-state index in [4.69, 9.17) is 0 Å². The van der Waals surface area contributed by atoms with Crippen LogP contribution >= 0.6 is 0 Å². The van der Waals surface area contributed by atoms with Crippen LogP contribution in [0.2, 0.25) is 0 Å². The monoisotopic (exact) mass is 288 g/mol. The van der Waals surface area contributed by atoms with Crippen LogP contribution in [0.25, 0.3) is 0 Å². The van der Waals surface area contributed by atoms with Gasteiger partial charge in [-0.25, -0.2) is 0 Å². The van der Waals surface area contributed by atoms with E-state index in [1.807, 2.05) is 25.2 Å². The van der Waals surface area contributed by atoms with Crippen molar-refractivity contribution in [1.82, 2.24) is 5.32 Å². The van der Waals surface area contributed by atoms with E-state index in [1.165, 1.54) is 0 Å². The molecular formula is C18H28N2O. The first-order valence-electron chi connectivity index (χ1n) is 7.94. The average molecular weight is 288 g/mol. The normalized spacial score (nSPS) is 18.6. The quantitative estimate of drug-likeness (QED) is 0.533. The maximum atomic E-state index is 12.3. The van der Waals surface area contributed by atoms with E-state index in [0.717, 1.165) is 43.3 Å². The van der Waals surface area contributed by atoms with E-state index in [-0.39, 0.29) is 18.0 Å². The van der Waals surface area contributed by atoms with Gasteiger partial charge in [0.15, 0.2) is 0 Å². The van der Waals surface area contributed by atoms with Gasteiger partial charge in [-0.2, -0.15) is 0 Å². The van der Waals surface area contributed by atoms with Crippen LogP contribution in [0.3, 0.4) is 0 Å². The first kappa shape index (κ1) is 17.4. The topological polar surface area (TPSA) is 41.5 Å². The first-order valence-corrected chi connectivity index (χ1v) is 7.94. The minimum Gasteiger partial charge on any atom is -0.350 e. The molecule has 116 valence electrons. The molecular weight excluding hydrogens is 260 g/mol. The van der Waals surface area contributed by atoms with E-state index in [9.17, 15) is 4.79 Å². The van der Waals surface area contributed by atoms with E-state index in [2.05, 4.69) is 37.0 Å². The number of carbonyl (C=O) groups is 1. The summed E-state index contributed by atoms with van der Waals surface area (Å²) in [6.07, 6.45) is 13.1. The van der Waals surface area contributed by atoms with Crippen molar-refractivity contribution < 1.29 is 4.79 Å². The molecule has 0 unspecified atom stereocenters. The summed E-state index contributed by atoms with van der Waals surface area (Å²) in [6.45, 7) is 9.79. The fourth-order valence-corrected chi connectivity index (χ4v) is 2.56. The van der Waals surface area contributed by atoms with Gasteiger partial charge in [0.1, 0.15) is 0 Å². The molecule has 0 radical (unpaired) electrons. The fraction of sp³-hybridized carbons (Fsp3) is 0.556. The van der Waals surface area contributed by atoms with Crippen LogP contribution in [0.5, 0.6) is 0 Å². The highest BCUT2D eigenvalue weighted by Crippen LogP contribution is 2.19. The molecule has 3 heteroatoms. The van der Waals surface area contributed by atoms with Gasteiger partial charge in [-0.05, 0) is 44.6 Å². The Labute approximate surface area is 128 Å². The lowest BCUT2D eigenvalue weighted by atomic mass is 9.97. The predicted octanol–water partition coefficient (Wildman–Crippen LogP) is 3.97. The molecule has 1 N–H and O–H groups in total. The Bertz CT molecular complexity index is 440. The zero-order valence-electron chi connectivity index (χ0n) is 13.6. The van der Waals surface area contributed by atoms with Crippen molar-refractivity contribution in [3.63, 3.8) is 0 Å². The van der Waals surface area contributed by atoms with Crippen molar-refractivity contribution in [2.75, 3.05) is 0 Å². The highest BCUT2D eigenvalue weighted by atomic mass is 16.1. The fourth-order valence-electron chi connectivity index (χ4n) is 2.56. The van der Waals surface area contributed by atoms with Crippen molar-refractivity contribution in [3.8, 4) is 0 Å². The Balaban J connectivity index is 2.71. The molecule has 1 amide bonds. The van der Waals surface area contributed by atoms with Gasteiger partial charge in [0.25, 0.3) is 0 Å². The molecule has 1 aliphatic carbocycles. The van der Waals surface area contributed by atoms with Crippen molar-refractivity contribution in [2.45, 2.75) is 65.0 Å². The SMILES string of the molecule is C=N[C@H]1CC=CC=C1/C=C(\C)C(=O)NC(CCC)CCC. The summed E-state index contributed by atoms with van der Waals surface area (Å²) in [5.74, 6) is 0.0279. The molecule has 0 saturated carbocycles. The van der Waals surface area contributed by atoms with Crippen LogP contribution in [0.15, 0.2) is 40.4 Å². The summed E-state index contributed by atoms with van der Waals surface area (Å²) in [4.78, 5) is 16.4. The molecule has 0 saturated heterocycles. The number of nitrogens with one attached hydrogen (secondary N) is 1. The van der Waals surface area contributed by atoms with Crippen molar-refractivity contribution >= 4 is 12.6 Å². The molecule has 1 aliphatic rings. The number of hydrogen-bond donors (Lipinski definition) is 1. The predicted molar refractivity (Wildman–Crippen MR) is 90.7 cm³/mol. The highest BCUT2D eigenvalue weighted by molar-refractivity contribution is 5.93. The number of carbonyl (C=O) groups excluding carboxylic acids is 1. The smallest absolute Gasteiger partial charge is 0.247 e. The number of aliphatic imine (C=N–C) groups is 1. The van der Waals surface area contributed by atoms with Crippen LogP contribution in [-0.2, 0) is 4.79 Å². The van der Waals surface area contributed by atoms with Gasteiger partial charge in [-0.1, -0.05) is 44.9 Å². The Morgan fingerprint density at radius 3 is 2.71 bits per heavy atom. The number of rotatable bonds is 8. The summed E-state index contributed by atoms with van der Waals surface area (Å²) >= 11 is 0. The molecule has 0 fully saturated rings. The van der Waals surface area contributed by atoms with Gasteiger partial charge in [0.05, 0.1) is 6.04 Å². The maximum Gasteiger partial charge on any atom is 0.247 e. The van der Waals surface area contributed by atoms with Gasteiger partial charge in [-0.15, -0.1) is 0 Å². The van der Waals surface area contributed by atoms with Gasteiger partial charge >= 0.3 is 0 Å². The Kier molecular flexibility index (Phi) is 7.73. The largest absolute Gasteiger partial charge is 0.350 e. The number of allylic oxidation sites excluding steroid dienone is 2. The maximum absolute atomic E-state index is 12.3. The average Bonchev–Trinajstić information content (AvgIpc) is 2.48. The molecule has 1 rings (SSSR count). The van der Waals surface area contributed by atoms with E-state index in [1.54, 1.807) is 0 Å². The van der Waals surface area contributed by atoms with Crippen LogP contribution in [0, 0.1) is 0 Å². The van der Waals surface area contributed by atoms with Crippen LogP contribution in [0.4, 0.5) is 0 Å². The third-order valence-electron chi connectivity index (χ3n) is 3.74. The Morgan fingerprint density at radius 2 is 2.14 bits per heavy atom. The zero-order chi connectivity index (χ0) is 15.7. The van der Waals surface area contributed by atoms with E-state index < -0.39 is 0 Å². The lowest BCUT2D eigenvalue weighted by Gasteiger charge is -2.19. The number of amides is 1. The second-order valence-corrected chi connectivity index (χ2v) is 5.60. The molecule has 0 aromatic carbocycles. The van der Waals surface area contributed by atoms with Gasteiger partial charge in [0.2, 0.25) is 5.91 Å². The molecule has 0 aromatic rings. The Hall–Kier alpha value is -1.64. The minimum atomic E-state index is 0.0279. The molecule has 0 heterocycles. The summed E-state index contributed by atoms with van der Waals surface area (Å²) in [6, 6.07) is 0.351. The van der Waals surface area contributed by atoms with Crippen LogP contribution < -0.4 is 5.32 Å². The van der Waals surface area contributed by atoms with Crippen molar-refractivity contribution in [2.24, 2.45) is 4.99 Å². The molecule has 0 spiro atoms. The van der Waals surface area contributed by atoms with E-state index in [0.29, 0.717) is 0 Å². The highest BCUT2D eigenvalue weighted by Gasteiger charge is 2.15. The first-order chi connectivity index (χ1) is 10.1. The molecule has 21 heavy (non-hydrogen) atoms. The molecule has 0 aromatic heterocycles. The van der Waals surface area contributed by atoms with E-state index >= 15 is 0 Å². The van der Waals surface area contributed by atoms with Crippen LogP contribution in [0.1, 0.15) is 52.9 Å². The molecule has 1 atom stereocenters. The zero-order valence-corrected chi connectivity index (χ0v) is 13.6. The van der Waals surface area contributed by atoms with Crippen LogP contribution in [-0.4, -0.2) is 24.7 Å². The number of nitrogens with zero attached hydrogens (tertiary/aromatic N) is 1. The van der Waals surface area contributed by atoms with Crippen molar-refractivity contribution in [1.29, 1.82) is 0 Å². The van der Waals surface area contributed by atoms with Crippen molar-refractivity contribution in [3.05, 3.63) is 35.5 Å². The summed E-state index contributed by atoms with van der Waals surface area (Å²) in [5, 5.41) is 3.14. The van der Waals surface area contributed by atoms with Gasteiger partial charge in [0, 0.05) is 11.6 Å². The lowest BCUT2D eigenvalue weighted by molar-refractivity contribution is -0.118. The Morgan fingerprint density at radius 1 is 1.48 bits per heavy atom. The molecule has 0 aliphatic heterocycles. The second kappa shape index (κ2) is 9.32. The third-order valence-corrected chi connectivity index (χ3v) is 3.74. The van der Waals surface area contributed by atoms with Gasteiger partial charge < -0.3 is 5.32 Å². The summed E-state index contributed by atoms with van der Waals surface area (Å²) in [7, 11) is 0. The minimum absolute atomic E-state index is 0.0279. The standard InChI is InChI=1S/C18H28N2O/c1-5-9-16(10-6-2)20-18(21)14(3)13-15-11-7-8-12-17(15)19-4/h7-8,11,13,16-17H,4-6,9-10,12H2,1-3H3,(H,20,21)/b14-13+/t17-/m0/s1.